The van der Waals surface area contributed by atoms with E-state index in [1.165, 1.54) is 16.9 Å². The van der Waals surface area contributed by atoms with Crippen molar-refractivity contribution in [2.75, 3.05) is 5.32 Å². The predicted molar refractivity (Wildman–Crippen MR) is 79.4 cm³/mol. The molecule has 3 aromatic rings. The molecule has 6 nitrogen and oxygen atoms in total. The number of anilines is 1. The first kappa shape index (κ1) is 12.9. The summed E-state index contributed by atoms with van der Waals surface area (Å²) in [6.45, 7) is 3.39. The van der Waals surface area contributed by atoms with E-state index < -0.39 is 0 Å². The normalized spacial score (nSPS) is 10.5. The van der Waals surface area contributed by atoms with Gasteiger partial charge in [-0.05, 0) is 36.4 Å². The van der Waals surface area contributed by atoms with E-state index in [9.17, 15) is 9.90 Å². The van der Waals surface area contributed by atoms with Crippen molar-refractivity contribution in [2.45, 2.75) is 0 Å². The van der Waals surface area contributed by atoms with Gasteiger partial charge in [-0.1, -0.05) is 18.7 Å². The first-order valence-electron chi connectivity index (χ1n) is 6.26. The van der Waals surface area contributed by atoms with Gasteiger partial charge in [-0.2, -0.15) is 0 Å². The number of phenolic OH excluding ortho intramolecular Hbond substituents is 1. The van der Waals surface area contributed by atoms with Crippen LogP contribution in [0.5, 0.6) is 5.75 Å². The van der Waals surface area contributed by atoms with E-state index >= 15 is 0 Å². The van der Waals surface area contributed by atoms with E-state index in [0.717, 1.165) is 11.0 Å². The number of aromatic hydroxyl groups is 1. The Kier molecular flexibility index (Phi) is 3.12. The number of amides is 1. The topological polar surface area (TPSA) is 80.0 Å². The molecule has 21 heavy (non-hydrogen) atoms. The maximum absolute atomic E-state index is 11.3. The highest BCUT2D eigenvalue weighted by Gasteiger charge is 2.10. The van der Waals surface area contributed by atoms with E-state index in [0.29, 0.717) is 11.4 Å². The minimum atomic E-state index is -0.328. The molecule has 0 radical (unpaired) electrons. The fourth-order valence-electron chi connectivity index (χ4n) is 1.92. The van der Waals surface area contributed by atoms with Crippen LogP contribution in [-0.2, 0) is 4.79 Å². The average molecular weight is 280 g/mol. The third-order valence-electron chi connectivity index (χ3n) is 2.93. The number of carbonyl (C=O) groups is 1. The lowest BCUT2D eigenvalue weighted by molar-refractivity contribution is -0.111. The Bertz CT molecular complexity index is 806. The van der Waals surface area contributed by atoms with E-state index in [4.69, 9.17) is 0 Å². The molecule has 104 valence electrons. The van der Waals surface area contributed by atoms with Crippen molar-refractivity contribution in [3.8, 4) is 11.4 Å². The molecule has 0 aliphatic heterocycles. The molecule has 0 aliphatic carbocycles. The molecule has 0 unspecified atom stereocenters. The van der Waals surface area contributed by atoms with E-state index in [2.05, 4.69) is 22.1 Å². The van der Waals surface area contributed by atoms with Crippen LogP contribution in [0.3, 0.4) is 0 Å². The van der Waals surface area contributed by atoms with E-state index in [1.54, 1.807) is 12.1 Å². The van der Waals surface area contributed by atoms with Gasteiger partial charge in [0.1, 0.15) is 22.5 Å². The molecule has 3 rings (SSSR count). The summed E-state index contributed by atoms with van der Waals surface area (Å²) >= 11 is 0. The molecule has 0 bridgehead atoms. The van der Waals surface area contributed by atoms with Crippen molar-refractivity contribution in [1.82, 2.24) is 15.0 Å². The smallest absolute Gasteiger partial charge is 0.247 e. The highest BCUT2D eigenvalue weighted by molar-refractivity contribution is 5.99. The molecule has 2 N–H and O–H groups in total. The Labute approximate surface area is 120 Å². The van der Waals surface area contributed by atoms with Gasteiger partial charge >= 0.3 is 0 Å². The summed E-state index contributed by atoms with van der Waals surface area (Å²) < 4.78 is 0. The second-order valence-electron chi connectivity index (χ2n) is 4.38. The quantitative estimate of drug-likeness (QED) is 0.569. The molecule has 1 amide bonds. The minimum absolute atomic E-state index is 0.0203. The second-order valence-corrected chi connectivity index (χ2v) is 4.38. The van der Waals surface area contributed by atoms with E-state index in [-0.39, 0.29) is 11.7 Å². The van der Waals surface area contributed by atoms with Crippen LogP contribution in [0.2, 0.25) is 0 Å². The lowest BCUT2D eigenvalue weighted by Gasteiger charge is -2.07. The third-order valence-corrected chi connectivity index (χ3v) is 2.93. The number of fused-ring (bicyclic) bond motifs is 1. The summed E-state index contributed by atoms with van der Waals surface area (Å²) in [5, 5.41) is 21.2. The van der Waals surface area contributed by atoms with Crippen LogP contribution in [0.15, 0.2) is 55.1 Å². The van der Waals surface area contributed by atoms with Crippen LogP contribution in [0.4, 0.5) is 5.69 Å². The van der Waals surface area contributed by atoms with Gasteiger partial charge in [-0.15, -0.1) is 15.0 Å². The summed E-state index contributed by atoms with van der Waals surface area (Å²) in [6.07, 6.45) is 1.17. The molecular weight excluding hydrogens is 268 g/mol. The van der Waals surface area contributed by atoms with Gasteiger partial charge in [0.15, 0.2) is 0 Å². The highest BCUT2D eigenvalue weighted by atomic mass is 16.3. The zero-order chi connectivity index (χ0) is 14.8. The minimum Gasteiger partial charge on any atom is -0.506 e. The maximum atomic E-state index is 11.3. The number of rotatable bonds is 3. The molecular formula is C15H12N4O2. The van der Waals surface area contributed by atoms with Gasteiger partial charge in [0, 0.05) is 5.69 Å². The first-order valence-corrected chi connectivity index (χ1v) is 6.26. The van der Waals surface area contributed by atoms with Crippen molar-refractivity contribution in [2.24, 2.45) is 0 Å². The predicted octanol–water partition coefficient (Wildman–Crippen LogP) is 2.25. The zero-order valence-electron chi connectivity index (χ0n) is 11.0. The van der Waals surface area contributed by atoms with Crippen LogP contribution in [0, 0.1) is 0 Å². The van der Waals surface area contributed by atoms with Crippen LogP contribution >= 0.6 is 0 Å². The Morgan fingerprint density at radius 3 is 2.48 bits per heavy atom. The number of nitrogens with zero attached hydrogens (tertiary/aromatic N) is 3. The van der Waals surface area contributed by atoms with Gasteiger partial charge in [-0.3, -0.25) is 4.79 Å². The van der Waals surface area contributed by atoms with Crippen LogP contribution in [0.1, 0.15) is 0 Å². The van der Waals surface area contributed by atoms with Crippen LogP contribution in [-0.4, -0.2) is 26.0 Å². The van der Waals surface area contributed by atoms with Crippen molar-refractivity contribution in [3.63, 3.8) is 0 Å². The number of carbonyl (C=O) groups excluding carboxylic acids is 1. The zero-order valence-corrected chi connectivity index (χ0v) is 11.0. The Morgan fingerprint density at radius 2 is 1.86 bits per heavy atom. The number of benzene rings is 2. The number of aromatic nitrogens is 3. The van der Waals surface area contributed by atoms with Gasteiger partial charge < -0.3 is 10.4 Å². The third kappa shape index (κ3) is 2.46. The van der Waals surface area contributed by atoms with Crippen molar-refractivity contribution in [1.29, 1.82) is 0 Å². The molecule has 1 aromatic heterocycles. The van der Waals surface area contributed by atoms with Gasteiger partial charge in [0.25, 0.3) is 0 Å². The van der Waals surface area contributed by atoms with Crippen molar-refractivity contribution in [3.05, 3.63) is 55.1 Å². The molecule has 0 fully saturated rings. The van der Waals surface area contributed by atoms with Crippen molar-refractivity contribution >= 4 is 22.6 Å². The molecule has 6 heteroatoms. The fraction of sp³-hybridized carbons (Fsp3) is 0. The molecule has 0 spiro atoms. The summed E-state index contributed by atoms with van der Waals surface area (Å²) in [5.41, 5.74) is 2.34. The lowest BCUT2D eigenvalue weighted by Crippen LogP contribution is -2.08. The Morgan fingerprint density at radius 1 is 1.19 bits per heavy atom. The van der Waals surface area contributed by atoms with Crippen LogP contribution < -0.4 is 5.32 Å². The monoisotopic (exact) mass is 280 g/mol. The fourth-order valence-corrected chi connectivity index (χ4v) is 1.92. The molecule has 0 saturated heterocycles. The Balaban J connectivity index is 2.06. The lowest BCUT2D eigenvalue weighted by atomic mass is 10.2. The van der Waals surface area contributed by atoms with Gasteiger partial charge in [0.05, 0.1) is 0 Å². The SMILES string of the molecule is C=CC(=O)Nc1ccc(O)c(-n2nc3ccccc3n2)c1. The second kappa shape index (κ2) is 5.09. The van der Waals surface area contributed by atoms with Gasteiger partial charge in [-0.25, -0.2) is 0 Å². The summed E-state index contributed by atoms with van der Waals surface area (Å²) in [4.78, 5) is 12.7. The molecule has 0 aliphatic rings. The molecule has 1 heterocycles. The van der Waals surface area contributed by atoms with Crippen LogP contribution in [0.25, 0.3) is 16.7 Å². The molecule has 0 saturated carbocycles. The van der Waals surface area contributed by atoms with E-state index in [1.807, 2.05) is 24.3 Å². The average Bonchev–Trinajstić information content (AvgIpc) is 2.92. The maximum Gasteiger partial charge on any atom is 0.247 e. The van der Waals surface area contributed by atoms with Crippen molar-refractivity contribution < 1.29 is 9.90 Å². The number of hydrogen-bond acceptors (Lipinski definition) is 4. The number of nitrogens with one attached hydrogen (secondary N) is 1. The number of phenols is 1. The molecule has 0 atom stereocenters. The summed E-state index contributed by atoms with van der Waals surface area (Å²) in [5.74, 6) is -0.308. The summed E-state index contributed by atoms with van der Waals surface area (Å²) in [7, 11) is 0. The highest BCUT2D eigenvalue weighted by Crippen LogP contribution is 2.25. The van der Waals surface area contributed by atoms with Gasteiger partial charge in [0.2, 0.25) is 5.91 Å². The molecule has 2 aromatic carbocycles. The number of hydrogen-bond donors (Lipinski definition) is 2. The standard InChI is InChI=1S/C15H12N4O2/c1-2-15(21)16-10-7-8-14(20)13(9-10)19-17-11-5-3-4-6-12(11)18-19/h2-9,20H,1H2,(H,16,21). The largest absolute Gasteiger partial charge is 0.506 e. The Hall–Kier alpha value is -3.15. The summed E-state index contributed by atoms with van der Waals surface area (Å²) in [6, 6.07) is 12.0. The first-order chi connectivity index (χ1) is 10.2.